The Balaban J connectivity index is 1.72. The van der Waals surface area contributed by atoms with Gasteiger partial charge in [0.25, 0.3) is 0 Å². The highest BCUT2D eigenvalue weighted by Crippen LogP contribution is 2.36. The third kappa shape index (κ3) is 1.87. The summed E-state index contributed by atoms with van der Waals surface area (Å²) in [6.45, 7) is 3.04. The highest BCUT2D eigenvalue weighted by molar-refractivity contribution is 5.98. The van der Waals surface area contributed by atoms with Crippen LogP contribution in [0.3, 0.4) is 0 Å². The Kier molecular flexibility index (Phi) is 3.16. The monoisotopic (exact) mass is 300 g/mol. The molecule has 6 nitrogen and oxygen atoms in total. The van der Waals surface area contributed by atoms with E-state index < -0.39 is 5.41 Å². The van der Waals surface area contributed by atoms with Crippen LogP contribution in [0.25, 0.3) is 11.0 Å². The topological polar surface area (TPSA) is 73.4 Å². The number of carbonyl (C=O) groups excluding carboxylic acids is 1. The fraction of sp³-hybridized carbons (Fsp3) is 0.500. The van der Waals surface area contributed by atoms with Gasteiger partial charge in [0.15, 0.2) is 0 Å². The fourth-order valence-corrected chi connectivity index (χ4v) is 3.54. The summed E-state index contributed by atoms with van der Waals surface area (Å²) >= 11 is 0. The Labute approximate surface area is 128 Å². The van der Waals surface area contributed by atoms with Gasteiger partial charge in [0.2, 0.25) is 11.9 Å². The second-order valence-corrected chi connectivity index (χ2v) is 6.11. The molecule has 0 bridgehead atoms. The molecule has 0 aliphatic carbocycles. The Morgan fingerprint density at radius 3 is 2.82 bits per heavy atom. The minimum Gasteiger partial charge on any atom is -0.381 e. The molecule has 4 rings (SSSR count). The van der Waals surface area contributed by atoms with Crippen LogP contribution in [-0.4, -0.2) is 41.8 Å². The van der Waals surface area contributed by atoms with E-state index in [-0.39, 0.29) is 5.91 Å². The SMILES string of the molecule is NCC1(C(=O)N2CCn3c2nc2ccccc23)CCOCC1. The number of amides is 1. The number of imidazole rings is 1. The summed E-state index contributed by atoms with van der Waals surface area (Å²) in [6, 6.07) is 8.00. The molecule has 0 saturated carbocycles. The van der Waals surface area contributed by atoms with Crippen molar-refractivity contribution in [1.29, 1.82) is 0 Å². The van der Waals surface area contributed by atoms with Gasteiger partial charge in [-0.1, -0.05) is 12.1 Å². The molecule has 1 aromatic carbocycles. The molecule has 1 fully saturated rings. The van der Waals surface area contributed by atoms with Crippen LogP contribution in [0, 0.1) is 5.41 Å². The second kappa shape index (κ2) is 5.07. The van der Waals surface area contributed by atoms with Crippen LogP contribution in [0.15, 0.2) is 24.3 Å². The molecule has 1 saturated heterocycles. The Hall–Kier alpha value is -1.92. The van der Waals surface area contributed by atoms with E-state index in [0.717, 1.165) is 23.5 Å². The zero-order valence-corrected chi connectivity index (χ0v) is 12.5. The molecule has 1 amide bonds. The molecule has 2 aliphatic rings. The predicted octanol–water partition coefficient (Wildman–Crippen LogP) is 1.14. The Morgan fingerprint density at radius 1 is 1.27 bits per heavy atom. The van der Waals surface area contributed by atoms with E-state index in [1.165, 1.54) is 0 Å². The summed E-state index contributed by atoms with van der Waals surface area (Å²) in [5.74, 6) is 0.859. The number of hydrogen-bond donors (Lipinski definition) is 1. The largest absolute Gasteiger partial charge is 0.381 e. The molecule has 0 unspecified atom stereocenters. The molecule has 22 heavy (non-hydrogen) atoms. The Morgan fingerprint density at radius 2 is 2.05 bits per heavy atom. The molecule has 1 aromatic heterocycles. The number of nitrogens with zero attached hydrogens (tertiary/aromatic N) is 3. The molecule has 116 valence electrons. The van der Waals surface area contributed by atoms with Crippen LogP contribution in [0.1, 0.15) is 12.8 Å². The van der Waals surface area contributed by atoms with Crippen molar-refractivity contribution >= 4 is 22.9 Å². The van der Waals surface area contributed by atoms with E-state index in [1.54, 1.807) is 0 Å². The highest BCUT2D eigenvalue weighted by Gasteiger charge is 2.44. The number of rotatable bonds is 2. The Bertz CT molecular complexity index is 718. The summed E-state index contributed by atoms with van der Waals surface area (Å²) in [7, 11) is 0. The third-order valence-corrected chi connectivity index (χ3v) is 4.96. The predicted molar refractivity (Wildman–Crippen MR) is 83.6 cm³/mol. The van der Waals surface area contributed by atoms with Crippen LogP contribution in [0.2, 0.25) is 0 Å². The summed E-state index contributed by atoms with van der Waals surface area (Å²) in [5.41, 5.74) is 7.50. The van der Waals surface area contributed by atoms with Crippen molar-refractivity contribution in [2.45, 2.75) is 19.4 Å². The smallest absolute Gasteiger partial charge is 0.237 e. The van der Waals surface area contributed by atoms with E-state index in [2.05, 4.69) is 9.55 Å². The van der Waals surface area contributed by atoms with Gasteiger partial charge in [-0.15, -0.1) is 0 Å². The third-order valence-electron chi connectivity index (χ3n) is 4.96. The molecule has 2 N–H and O–H groups in total. The summed E-state index contributed by atoms with van der Waals surface area (Å²) in [4.78, 5) is 19.6. The normalized spacial score (nSPS) is 20.3. The fourth-order valence-electron chi connectivity index (χ4n) is 3.54. The summed E-state index contributed by atoms with van der Waals surface area (Å²) < 4.78 is 7.53. The first-order chi connectivity index (χ1) is 10.7. The van der Waals surface area contributed by atoms with Crippen molar-refractivity contribution in [3.05, 3.63) is 24.3 Å². The first kappa shape index (κ1) is 13.7. The van der Waals surface area contributed by atoms with E-state index in [4.69, 9.17) is 10.5 Å². The van der Waals surface area contributed by atoms with Crippen LogP contribution >= 0.6 is 0 Å². The molecular formula is C16H20N4O2. The minimum absolute atomic E-state index is 0.104. The van der Waals surface area contributed by atoms with Crippen LogP contribution in [0.5, 0.6) is 0 Å². The average Bonchev–Trinajstić information content (AvgIpc) is 3.13. The van der Waals surface area contributed by atoms with E-state index in [1.807, 2.05) is 29.2 Å². The minimum atomic E-state index is -0.494. The van der Waals surface area contributed by atoms with Gasteiger partial charge in [-0.2, -0.15) is 0 Å². The van der Waals surface area contributed by atoms with Gasteiger partial charge >= 0.3 is 0 Å². The number of carbonyl (C=O) groups is 1. The van der Waals surface area contributed by atoms with Gasteiger partial charge in [0.05, 0.1) is 16.4 Å². The maximum atomic E-state index is 13.1. The summed E-state index contributed by atoms with van der Waals surface area (Å²) in [5, 5.41) is 0. The molecule has 2 aromatic rings. The molecule has 2 aliphatic heterocycles. The van der Waals surface area contributed by atoms with E-state index in [9.17, 15) is 4.79 Å². The standard InChI is InChI=1S/C16H20N4O2/c17-11-16(5-9-22-10-6-16)14(21)20-8-7-19-13-4-2-1-3-12(13)18-15(19)20/h1-4H,5-11,17H2. The van der Waals surface area contributed by atoms with Crippen LogP contribution in [-0.2, 0) is 16.1 Å². The number of hydrogen-bond acceptors (Lipinski definition) is 4. The van der Waals surface area contributed by atoms with Crippen molar-refractivity contribution in [2.24, 2.45) is 11.1 Å². The maximum Gasteiger partial charge on any atom is 0.237 e. The zero-order chi connectivity index (χ0) is 15.2. The van der Waals surface area contributed by atoms with Gasteiger partial charge in [-0.25, -0.2) is 4.98 Å². The molecule has 0 spiro atoms. The van der Waals surface area contributed by atoms with Crippen molar-refractivity contribution in [3.63, 3.8) is 0 Å². The molecule has 3 heterocycles. The number of fused-ring (bicyclic) bond motifs is 3. The maximum absolute atomic E-state index is 13.1. The van der Waals surface area contributed by atoms with Crippen molar-refractivity contribution < 1.29 is 9.53 Å². The first-order valence-electron chi connectivity index (χ1n) is 7.80. The molecule has 0 atom stereocenters. The number of nitrogens with two attached hydrogens (primary N) is 1. The lowest BCUT2D eigenvalue weighted by Gasteiger charge is -2.36. The van der Waals surface area contributed by atoms with Gasteiger partial charge in [-0.05, 0) is 25.0 Å². The van der Waals surface area contributed by atoms with Crippen LogP contribution < -0.4 is 10.6 Å². The lowest BCUT2D eigenvalue weighted by molar-refractivity contribution is -0.133. The van der Waals surface area contributed by atoms with E-state index in [0.29, 0.717) is 39.1 Å². The number of ether oxygens (including phenoxy) is 1. The number of benzene rings is 1. The second-order valence-electron chi connectivity index (χ2n) is 6.11. The quantitative estimate of drug-likeness (QED) is 0.902. The van der Waals surface area contributed by atoms with E-state index >= 15 is 0 Å². The van der Waals surface area contributed by atoms with Gasteiger partial charge < -0.3 is 15.0 Å². The van der Waals surface area contributed by atoms with Crippen molar-refractivity contribution in [2.75, 3.05) is 31.2 Å². The van der Waals surface area contributed by atoms with Gasteiger partial charge in [-0.3, -0.25) is 9.69 Å². The lowest BCUT2D eigenvalue weighted by Crippen LogP contribution is -2.50. The molecule has 6 heteroatoms. The number of anilines is 1. The van der Waals surface area contributed by atoms with Crippen molar-refractivity contribution in [3.8, 4) is 0 Å². The van der Waals surface area contributed by atoms with Gasteiger partial charge in [0, 0.05) is 32.8 Å². The number of aromatic nitrogens is 2. The van der Waals surface area contributed by atoms with Crippen LogP contribution in [0.4, 0.5) is 5.95 Å². The lowest BCUT2D eigenvalue weighted by atomic mass is 9.79. The van der Waals surface area contributed by atoms with Crippen molar-refractivity contribution in [1.82, 2.24) is 9.55 Å². The van der Waals surface area contributed by atoms with Gasteiger partial charge in [0.1, 0.15) is 0 Å². The first-order valence-corrected chi connectivity index (χ1v) is 7.80. The molecular weight excluding hydrogens is 280 g/mol. The average molecular weight is 300 g/mol. The summed E-state index contributed by atoms with van der Waals surface area (Å²) in [6.07, 6.45) is 1.39. The molecule has 0 radical (unpaired) electrons. The highest BCUT2D eigenvalue weighted by atomic mass is 16.5. The number of para-hydroxylation sites is 2. The zero-order valence-electron chi connectivity index (χ0n) is 12.5.